The molecule has 1 aromatic rings. The van der Waals surface area contributed by atoms with Crippen LogP contribution in [0.4, 0.5) is 0 Å². The molecule has 1 saturated heterocycles. The average Bonchev–Trinajstić information content (AvgIpc) is 2.75. The number of hydrogen-bond donors (Lipinski definition) is 0. The second-order valence-corrected chi connectivity index (χ2v) is 3.34. The zero-order chi connectivity index (χ0) is 10.2. The topological polar surface area (TPSA) is 16.1 Å². The maximum Gasteiger partial charge on any atom is 0.0271 e. The van der Waals surface area contributed by atoms with Crippen molar-refractivity contribution in [1.29, 1.82) is 0 Å². The Morgan fingerprint density at radius 3 is 2.29 bits per heavy atom. The van der Waals surface area contributed by atoms with E-state index in [0.29, 0.717) is 0 Å². The van der Waals surface area contributed by atoms with Crippen molar-refractivity contribution in [2.75, 3.05) is 13.1 Å². The average molecular weight is 192 g/mol. The number of aromatic nitrogens is 1. The molecule has 78 valence electrons. The summed E-state index contributed by atoms with van der Waals surface area (Å²) in [7, 11) is 0. The van der Waals surface area contributed by atoms with Gasteiger partial charge in [0, 0.05) is 18.9 Å². The van der Waals surface area contributed by atoms with Crippen LogP contribution in [-0.4, -0.2) is 23.0 Å². The van der Waals surface area contributed by atoms with Gasteiger partial charge in [-0.1, -0.05) is 13.8 Å². The molecule has 0 spiro atoms. The first-order chi connectivity index (χ1) is 6.95. The Labute approximate surface area is 87.0 Å². The molecule has 0 bridgehead atoms. The summed E-state index contributed by atoms with van der Waals surface area (Å²) in [6.45, 7) is 7.63. The molecule has 1 aromatic heterocycles. The molecule has 0 amide bonds. The molecule has 14 heavy (non-hydrogen) atoms. The fraction of sp³-hybridized carbons (Fsp3) is 0.583. The lowest BCUT2D eigenvalue weighted by atomic mass is 10.2. The number of pyridine rings is 1. The van der Waals surface area contributed by atoms with E-state index >= 15 is 0 Å². The van der Waals surface area contributed by atoms with Crippen LogP contribution in [0.15, 0.2) is 24.5 Å². The first-order valence-electron chi connectivity index (χ1n) is 5.56. The molecule has 1 fully saturated rings. The molecule has 0 aliphatic carbocycles. The molecule has 1 aliphatic heterocycles. The number of hydrogen-bond acceptors (Lipinski definition) is 2. The molecule has 2 heteroatoms. The Hall–Kier alpha value is -0.890. The fourth-order valence-electron chi connectivity index (χ4n) is 1.69. The van der Waals surface area contributed by atoms with E-state index in [1.54, 1.807) is 0 Å². The van der Waals surface area contributed by atoms with E-state index in [9.17, 15) is 0 Å². The van der Waals surface area contributed by atoms with Gasteiger partial charge in [-0.25, -0.2) is 0 Å². The third-order valence-corrected chi connectivity index (χ3v) is 2.35. The quantitative estimate of drug-likeness (QED) is 0.716. The summed E-state index contributed by atoms with van der Waals surface area (Å²) in [5.41, 5.74) is 1.38. The van der Waals surface area contributed by atoms with Crippen molar-refractivity contribution in [3.8, 4) is 0 Å². The van der Waals surface area contributed by atoms with Crippen LogP contribution >= 0.6 is 0 Å². The smallest absolute Gasteiger partial charge is 0.0271 e. The van der Waals surface area contributed by atoms with Crippen molar-refractivity contribution in [2.45, 2.75) is 33.2 Å². The summed E-state index contributed by atoms with van der Waals surface area (Å²) in [5.74, 6) is 0. The van der Waals surface area contributed by atoms with Gasteiger partial charge in [-0.3, -0.25) is 9.88 Å². The van der Waals surface area contributed by atoms with Crippen LogP contribution in [0.25, 0.3) is 0 Å². The van der Waals surface area contributed by atoms with Crippen molar-refractivity contribution < 1.29 is 0 Å². The van der Waals surface area contributed by atoms with E-state index < -0.39 is 0 Å². The molecule has 0 N–H and O–H groups in total. The maximum absolute atomic E-state index is 4.00. The van der Waals surface area contributed by atoms with Crippen LogP contribution in [0.2, 0.25) is 0 Å². The van der Waals surface area contributed by atoms with Crippen molar-refractivity contribution in [1.82, 2.24) is 9.88 Å². The summed E-state index contributed by atoms with van der Waals surface area (Å²) in [6, 6.07) is 4.19. The summed E-state index contributed by atoms with van der Waals surface area (Å²) < 4.78 is 0. The van der Waals surface area contributed by atoms with Crippen LogP contribution in [0.5, 0.6) is 0 Å². The van der Waals surface area contributed by atoms with Gasteiger partial charge >= 0.3 is 0 Å². The third kappa shape index (κ3) is 3.46. The van der Waals surface area contributed by atoms with Crippen LogP contribution < -0.4 is 0 Å². The van der Waals surface area contributed by atoms with Crippen LogP contribution in [0, 0.1) is 0 Å². The lowest BCUT2D eigenvalue weighted by molar-refractivity contribution is 0.331. The first-order valence-corrected chi connectivity index (χ1v) is 5.56. The van der Waals surface area contributed by atoms with Crippen molar-refractivity contribution in [3.05, 3.63) is 30.1 Å². The Bertz CT molecular complexity index is 227. The van der Waals surface area contributed by atoms with Gasteiger partial charge in [-0.05, 0) is 43.6 Å². The van der Waals surface area contributed by atoms with E-state index in [0.717, 1.165) is 6.54 Å². The highest BCUT2D eigenvalue weighted by atomic mass is 15.1. The molecule has 2 heterocycles. The van der Waals surface area contributed by atoms with Gasteiger partial charge in [-0.15, -0.1) is 0 Å². The molecular formula is C12H20N2. The zero-order valence-electron chi connectivity index (χ0n) is 9.24. The van der Waals surface area contributed by atoms with Gasteiger partial charge in [0.2, 0.25) is 0 Å². The maximum atomic E-state index is 4.00. The Kier molecular flexibility index (Phi) is 5.23. The number of rotatable bonds is 2. The normalized spacial score (nSPS) is 16.1. The molecule has 2 rings (SSSR count). The van der Waals surface area contributed by atoms with Crippen molar-refractivity contribution >= 4 is 0 Å². The van der Waals surface area contributed by atoms with Crippen molar-refractivity contribution in [3.63, 3.8) is 0 Å². The van der Waals surface area contributed by atoms with E-state index in [1.807, 2.05) is 26.2 Å². The minimum Gasteiger partial charge on any atom is -0.299 e. The Balaban J connectivity index is 0.000000461. The molecule has 0 aromatic carbocycles. The van der Waals surface area contributed by atoms with E-state index in [-0.39, 0.29) is 0 Å². The number of likely N-dealkylation sites (tertiary alicyclic amines) is 1. The Morgan fingerprint density at radius 1 is 1.14 bits per heavy atom. The third-order valence-electron chi connectivity index (χ3n) is 2.35. The lowest BCUT2D eigenvalue weighted by Crippen LogP contribution is -2.18. The van der Waals surface area contributed by atoms with Crippen molar-refractivity contribution in [2.24, 2.45) is 0 Å². The van der Waals surface area contributed by atoms with Crippen LogP contribution in [-0.2, 0) is 6.54 Å². The molecule has 0 saturated carbocycles. The summed E-state index contributed by atoms with van der Waals surface area (Å²) in [5, 5.41) is 0. The number of nitrogens with zero attached hydrogens (tertiary/aromatic N) is 2. The van der Waals surface area contributed by atoms with Gasteiger partial charge in [-0.2, -0.15) is 0 Å². The first kappa shape index (κ1) is 11.2. The predicted octanol–water partition coefficient (Wildman–Crippen LogP) is 2.70. The lowest BCUT2D eigenvalue weighted by Gasteiger charge is -2.13. The second kappa shape index (κ2) is 6.55. The van der Waals surface area contributed by atoms with Gasteiger partial charge in [0.15, 0.2) is 0 Å². The largest absolute Gasteiger partial charge is 0.299 e. The second-order valence-electron chi connectivity index (χ2n) is 3.34. The SMILES string of the molecule is CC.c1cc(CN2CCCC2)ccn1. The van der Waals surface area contributed by atoms with E-state index in [1.165, 1.54) is 31.5 Å². The predicted molar refractivity (Wildman–Crippen MR) is 60.1 cm³/mol. The van der Waals surface area contributed by atoms with Crippen LogP contribution in [0.3, 0.4) is 0 Å². The molecule has 0 radical (unpaired) electrons. The minimum absolute atomic E-state index is 1.10. The standard InChI is InChI=1S/C10H14N2.C2H6/c1-2-8-12(7-1)9-10-3-5-11-6-4-10;1-2/h3-6H,1-2,7-9H2;1-2H3. The highest BCUT2D eigenvalue weighted by molar-refractivity contribution is 5.09. The van der Waals surface area contributed by atoms with Gasteiger partial charge in [0.25, 0.3) is 0 Å². The monoisotopic (exact) mass is 192 g/mol. The molecule has 0 atom stereocenters. The van der Waals surface area contributed by atoms with E-state index in [2.05, 4.69) is 22.0 Å². The van der Waals surface area contributed by atoms with E-state index in [4.69, 9.17) is 0 Å². The fourth-order valence-corrected chi connectivity index (χ4v) is 1.69. The van der Waals surface area contributed by atoms with Crippen LogP contribution in [0.1, 0.15) is 32.3 Å². The van der Waals surface area contributed by atoms with Gasteiger partial charge < -0.3 is 0 Å². The zero-order valence-corrected chi connectivity index (χ0v) is 9.24. The minimum atomic E-state index is 1.10. The molecular weight excluding hydrogens is 172 g/mol. The van der Waals surface area contributed by atoms with Gasteiger partial charge in [0.1, 0.15) is 0 Å². The highest BCUT2D eigenvalue weighted by Gasteiger charge is 2.10. The molecule has 0 unspecified atom stereocenters. The highest BCUT2D eigenvalue weighted by Crippen LogP contribution is 2.11. The Morgan fingerprint density at radius 2 is 1.71 bits per heavy atom. The summed E-state index contributed by atoms with van der Waals surface area (Å²) in [6.07, 6.45) is 6.47. The summed E-state index contributed by atoms with van der Waals surface area (Å²) >= 11 is 0. The van der Waals surface area contributed by atoms with Gasteiger partial charge in [0.05, 0.1) is 0 Å². The molecule has 1 aliphatic rings. The summed E-state index contributed by atoms with van der Waals surface area (Å²) in [4.78, 5) is 6.50. The molecule has 2 nitrogen and oxygen atoms in total.